The van der Waals surface area contributed by atoms with Gasteiger partial charge in [-0.05, 0) is 29.7 Å². The van der Waals surface area contributed by atoms with Crippen LogP contribution in [-0.2, 0) is 0 Å². The molecule has 2 rings (SSSR count). The van der Waals surface area contributed by atoms with Gasteiger partial charge >= 0.3 is 0 Å². The van der Waals surface area contributed by atoms with Crippen LogP contribution in [0.2, 0.25) is 5.02 Å². The summed E-state index contributed by atoms with van der Waals surface area (Å²) in [6, 6.07) is 15.0. The van der Waals surface area contributed by atoms with Crippen LogP contribution in [0.15, 0.2) is 48.5 Å². The molecular weight excluding hydrogens is 272 g/mol. The second-order valence-electron chi connectivity index (χ2n) is 4.76. The molecule has 2 aromatic rings. The first-order chi connectivity index (χ1) is 9.58. The number of nitrogens with one attached hydrogen (secondary N) is 1. The Morgan fingerprint density at radius 1 is 1.25 bits per heavy atom. The molecule has 1 amide bonds. The van der Waals surface area contributed by atoms with Crippen LogP contribution < -0.4 is 11.1 Å². The molecule has 4 heteroatoms. The monoisotopic (exact) mass is 288 g/mol. The van der Waals surface area contributed by atoms with E-state index in [1.54, 1.807) is 18.2 Å². The van der Waals surface area contributed by atoms with Gasteiger partial charge in [-0.25, -0.2) is 0 Å². The number of anilines is 1. The molecule has 20 heavy (non-hydrogen) atoms. The van der Waals surface area contributed by atoms with Crippen molar-refractivity contribution >= 4 is 23.2 Å². The number of halogens is 1. The zero-order valence-electron chi connectivity index (χ0n) is 11.3. The fraction of sp³-hybridized carbons (Fsp3) is 0.188. The number of hydrogen-bond donors (Lipinski definition) is 2. The van der Waals surface area contributed by atoms with Crippen molar-refractivity contribution in [2.24, 2.45) is 0 Å². The highest BCUT2D eigenvalue weighted by Gasteiger charge is 2.10. The number of nitrogens with two attached hydrogens (primary N) is 1. The zero-order valence-corrected chi connectivity index (χ0v) is 12.0. The molecule has 1 atom stereocenters. The fourth-order valence-corrected chi connectivity index (χ4v) is 2.05. The lowest BCUT2D eigenvalue weighted by Gasteiger charge is -2.13. The molecular formula is C16H17ClN2O. The Labute approximate surface area is 123 Å². The van der Waals surface area contributed by atoms with Gasteiger partial charge in [0.2, 0.25) is 0 Å². The summed E-state index contributed by atoms with van der Waals surface area (Å²) in [5.41, 5.74) is 7.82. The van der Waals surface area contributed by atoms with Crippen LogP contribution in [0.5, 0.6) is 0 Å². The van der Waals surface area contributed by atoms with Crippen molar-refractivity contribution in [1.82, 2.24) is 5.32 Å². The Kier molecular flexibility index (Phi) is 4.64. The van der Waals surface area contributed by atoms with Crippen molar-refractivity contribution in [3.8, 4) is 0 Å². The quantitative estimate of drug-likeness (QED) is 0.847. The molecule has 0 saturated heterocycles. The van der Waals surface area contributed by atoms with Crippen LogP contribution >= 0.6 is 11.6 Å². The van der Waals surface area contributed by atoms with Crippen LogP contribution in [0.3, 0.4) is 0 Å². The summed E-state index contributed by atoms with van der Waals surface area (Å²) < 4.78 is 0. The summed E-state index contributed by atoms with van der Waals surface area (Å²) in [6.07, 6.45) is 0. The highest BCUT2D eigenvalue weighted by molar-refractivity contribution is 6.33. The minimum Gasteiger partial charge on any atom is -0.398 e. The molecule has 0 aromatic heterocycles. The number of nitrogen functional groups attached to an aromatic ring is 1. The summed E-state index contributed by atoms with van der Waals surface area (Å²) in [7, 11) is 0. The van der Waals surface area contributed by atoms with Crippen molar-refractivity contribution < 1.29 is 4.79 Å². The minimum absolute atomic E-state index is 0.142. The van der Waals surface area contributed by atoms with Gasteiger partial charge in [0.1, 0.15) is 0 Å². The van der Waals surface area contributed by atoms with E-state index in [1.165, 1.54) is 5.56 Å². The lowest BCUT2D eigenvalue weighted by atomic mass is 10.0. The van der Waals surface area contributed by atoms with Crippen molar-refractivity contribution in [2.75, 3.05) is 12.3 Å². The van der Waals surface area contributed by atoms with E-state index in [2.05, 4.69) is 24.4 Å². The number of hydrogen-bond acceptors (Lipinski definition) is 2. The molecule has 0 bridgehead atoms. The van der Waals surface area contributed by atoms with Gasteiger partial charge in [0.25, 0.3) is 5.91 Å². The minimum atomic E-state index is -0.142. The van der Waals surface area contributed by atoms with Crippen LogP contribution in [0.25, 0.3) is 0 Å². The molecule has 104 valence electrons. The molecule has 0 heterocycles. The second kappa shape index (κ2) is 6.44. The number of carbonyl (C=O) groups is 1. The smallest absolute Gasteiger partial charge is 0.251 e. The highest BCUT2D eigenvalue weighted by atomic mass is 35.5. The molecule has 0 spiro atoms. The van der Waals surface area contributed by atoms with E-state index in [1.807, 2.05) is 18.2 Å². The van der Waals surface area contributed by atoms with Gasteiger partial charge < -0.3 is 11.1 Å². The molecule has 0 fully saturated rings. The standard InChI is InChI=1S/C16H17ClN2O/c1-11(12-5-3-2-4-6-12)10-19-16(20)13-7-8-14(17)15(18)9-13/h2-9,11H,10,18H2,1H3,(H,19,20). The van der Waals surface area contributed by atoms with E-state index in [-0.39, 0.29) is 11.8 Å². The first kappa shape index (κ1) is 14.4. The van der Waals surface area contributed by atoms with Gasteiger partial charge in [-0.1, -0.05) is 48.9 Å². The normalized spacial score (nSPS) is 11.9. The Hall–Kier alpha value is -2.00. The van der Waals surface area contributed by atoms with Gasteiger partial charge in [-0.3, -0.25) is 4.79 Å². The third kappa shape index (κ3) is 3.52. The van der Waals surface area contributed by atoms with Gasteiger partial charge in [-0.2, -0.15) is 0 Å². The molecule has 0 aliphatic rings. The third-order valence-corrected chi connectivity index (χ3v) is 3.54. The van der Waals surface area contributed by atoms with Gasteiger partial charge in [-0.15, -0.1) is 0 Å². The molecule has 0 aliphatic heterocycles. The average Bonchev–Trinajstić information content (AvgIpc) is 2.48. The fourth-order valence-electron chi connectivity index (χ4n) is 1.93. The molecule has 3 nitrogen and oxygen atoms in total. The number of carbonyl (C=O) groups excluding carboxylic acids is 1. The van der Waals surface area contributed by atoms with E-state index in [9.17, 15) is 4.79 Å². The first-order valence-electron chi connectivity index (χ1n) is 6.46. The molecule has 0 aliphatic carbocycles. The Balaban J connectivity index is 1.97. The SMILES string of the molecule is CC(CNC(=O)c1ccc(Cl)c(N)c1)c1ccccc1. The van der Waals surface area contributed by atoms with Crippen molar-refractivity contribution in [2.45, 2.75) is 12.8 Å². The lowest BCUT2D eigenvalue weighted by molar-refractivity contribution is 0.0951. The largest absolute Gasteiger partial charge is 0.398 e. The van der Waals surface area contributed by atoms with Crippen molar-refractivity contribution in [3.63, 3.8) is 0 Å². The van der Waals surface area contributed by atoms with Gasteiger partial charge in [0.05, 0.1) is 10.7 Å². The average molecular weight is 289 g/mol. The number of amides is 1. The Morgan fingerprint density at radius 2 is 1.95 bits per heavy atom. The van der Waals surface area contributed by atoms with Crippen molar-refractivity contribution in [3.05, 3.63) is 64.7 Å². The summed E-state index contributed by atoms with van der Waals surface area (Å²) in [5.74, 6) is 0.112. The molecule has 0 radical (unpaired) electrons. The maximum absolute atomic E-state index is 12.0. The molecule has 1 unspecified atom stereocenters. The van der Waals surface area contributed by atoms with Crippen LogP contribution in [0.1, 0.15) is 28.8 Å². The summed E-state index contributed by atoms with van der Waals surface area (Å²) >= 11 is 5.84. The van der Waals surface area contributed by atoms with Gasteiger partial charge in [0.15, 0.2) is 0 Å². The van der Waals surface area contributed by atoms with E-state index >= 15 is 0 Å². The third-order valence-electron chi connectivity index (χ3n) is 3.20. The molecule has 0 saturated carbocycles. The van der Waals surface area contributed by atoms with Crippen molar-refractivity contribution in [1.29, 1.82) is 0 Å². The number of benzene rings is 2. The lowest BCUT2D eigenvalue weighted by Crippen LogP contribution is -2.27. The van der Waals surface area contributed by atoms with Crippen LogP contribution in [-0.4, -0.2) is 12.5 Å². The highest BCUT2D eigenvalue weighted by Crippen LogP contribution is 2.19. The van der Waals surface area contributed by atoms with E-state index in [0.29, 0.717) is 22.8 Å². The predicted molar refractivity (Wildman–Crippen MR) is 83.1 cm³/mol. The first-order valence-corrected chi connectivity index (χ1v) is 6.84. The Bertz CT molecular complexity index is 599. The molecule has 3 N–H and O–H groups in total. The topological polar surface area (TPSA) is 55.1 Å². The second-order valence-corrected chi connectivity index (χ2v) is 5.17. The predicted octanol–water partition coefficient (Wildman–Crippen LogP) is 3.46. The molecule has 2 aromatic carbocycles. The van der Waals surface area contributed by atoms with Crippen LogP contribution in [0.4, 0.5) is 5.69 Å². The number of rotatable bonds is 4. The van der Waals surface area contributed by atoms with Crippen LogP contribution in [0, 0.1) is 0 Å². The van der Waals surface area contributed by atoms with E-state index < -0.39 is 0 Å². The maximum Gasteiger partial charge on any atom is 0.251 e. The van der Waals surface area contributed by atoms with E-state index in [0.717, 1.165) is 0 Å². The maximum atomic E-state index is 12.0. The zero-order chi connectivity index (χ0) is 14.5. The van der Waals surface area contributed by atoms with Gasteiger partial charge in [0, 0.05) is 12.1 Å². The Morgan fingerprint density at radius 3 is 2.60 bits per heavy atom. The summed E-state index contributed by atoms with van der Waals surface area (Å²) in [6.45, 7) is 2.65. The summed E-state index contributed by atoms with van der Waals surface area (Å²) in [4.78, 5) is 12.0. The van der Waals surface area contributed by atoms with E-state index in [4.69, 9.17) is 17.3 Å². The summed E-state index contributed by atoms with van der Waals surface area (Å²) in [5, 5.41) is 3.36.